The molecular weight excluding hydrogens is 380 g/mol. The predicted molar refractivity (Wildman–Crippen MR) is 117 cm³/mol. The van der Waals surface area contributed by atoms with Crippen molar-refractivity contribution in [1.29, 1.82) is 0 Å². The molecule has 1 aliphatic rings. The van der Waals surface area contributed by atoms with Crippen LogP contribution in [0, 0.1) is 0 Å². The van der Waals surface area contributed by atoms with E-state index in [2.05, 4.69) is 22.8 Å². The minimum atomic E-state index is -0.0192. The van der Waals surface area contributed by atoms with E-state index in [9.17, 15) is 4.79 Å². The second kappa shape index (κ2) is 11.6. The molecule has 1 heterocycles. The van der Waals surface area contributed by atoms with Crippen LogP contribution in [0.5, 0.6) is 11.5 Å². The number of nitrogens with one attached hydrogen (secondary N) is 2. The summed E-state index contributed by atoms with van der Waals surface area (Å²) < 4.78 is 17.5. The van der Waals surface area contributed by atoms with Gasteiger partial charge in [0.05, 0.1) is 19.8 Å². The van der Waals surface area contributed by atoms with E-state index < -0.39 is 0 Å². The molecule has 0 radical (unpaired) electrons. The van der Waals surface area contributed by atoms with Crippen molar-refractivity contribution >= 4 is 5.91 Å². The van der Waals surface area contributed by atoms with Crippen LogP contribution < -0.4 is 20.1 Å². The van der Waals surface area contributed by atoms with Gasteiger partial charge in [-0.05, 0) is 48.7 Å². The minimum absolute atomic E-state index is 0.0192. The molecule has 6 heteroatoms. The van der Waals surface area contributed by atoms with Gasteiger partial charge in [0.25, 0.3) is 0 Å². The number of carbonyl (C=O) groups is 1. The fourth-order valence-corrected chi connectivity index (χ4v) is 3.81. The number of ether oxygens (including phenoxy) is 3. The number of hydrogen-bond donors (Lipinski definition) is 2. The van der Waals surface area contributed by atoms with Crippen LogP contribution >= 0.6 is 0 Å². The average molecular weight is 413 g/mol. The Morgan fingerprint density at radius 2 is 1.93 bits per heavy atom. The molecule has 0 unspecified atom stereocenters. The second-order valence-electron chi connectivity index (χ2n) is 7.47. The van der Waals surface area contributed by atoms with Crippen LogP contribution in [-0.2, 0) is 16.0 Å². The Morgan fingerprint density at radius 3 is 2.70 bits per heavy atom. The number of amides is 1. The number of para-hydroxylation sites is 1. The van der Waals surface area contributed by atoms with E-state index in [1.807, 2.05) is 36.4 Å². The van der Waals surface area contributed by atoms with Crippen LogP contribution in [0.25, 0.3) is 0 Å². The summed E-state index contributed by atoms with van der Waals surface area (Å²) in [6.45, 7) is 4.98. The zero-order chi connectivity index (χ0) is 21.2. The summed E-state index contributed by atoms with van der Waals surface area (Å²) >= 11 is 0. The highest BCUT2D eigenvalue weighted by atomic mass is 16.5. The third kappa shape index (κ3) is 6.47. The SMILES string of the molecule is COc1ccc([C@H]2CCNC[C@@H]2OCCOc2ccccc2CCNC(C)=O)cc1. The van der Waals surface area contributed by atoms with E-state index in [1.165, 1.54) is 12.5 Å². The zero-order valence-electron chi connectivity index (χ0n) is 17.9. The lowest BCUT2D eigenvalue weighted by molar-refractivity contribution is -0.118. The smallest absolute Gasteiger partial charge is 0.216 e. The van der Waals surface area contributed by atoms with Gasteiger partial charge >= 0.3 is 0 Å². The van der Waals surface area contributed by atoms with Gasteiger partial charge < -0.3 is 24.8 Å². The average Bonchev–Trinajstić information content (AvgIpc) is 2.78. The Kier molecular flexibility index (Phi) is 8.53. The van der Waals surface area contributed by atoms with Gasteiger partial charge in [0.15, 0.2) is 0 Å². The monoisotopic (exact) mass is 412 g/mol. The summed E-state index contributed by atoms with van der Waals surface area (Å²) in [6, 6.07) is 16.2. The topological polar surface area (TPSA) is 68.8 Å². The lowest BCUT2D eigenvalue weighted by atomic mass is 9.88. The number of methoxy groups -OCH3 is 1. The molecule has 0 spiro atoms. The lowest BCUT2D eigenvalue weighted by Gasteiger charge is -2.32. The first-order valence-electron chi connectivity index (χ1n) is 10.6. The van der Waals surface area contributed by atoms with Crippen LogP contribution in [0.15, 0.2) is 48.5 Å². The first-order chi connectivity index (χ1) is 14.7. The normalized spacial score (nSPS) is 18.6. The molecule has 1 amide bonds. The molecule has 0 bridgehead atoms. The highest BCUT2D eigenvalue weighted by Gasteiger charge is 2.27. The summed E-state index contributed by atoms with van der Waals surface area (Å²) in [7, 11) is 1.68. The number of carbonyl (C=O) groups excluding carboxylic acids is 1. The molecule has 0 aromatic heterocycles. The number of rotatable bonds is 10. The van der Waals surface area contributed by atoms with Crippen molar-refractivity contribution in [2.75, 3.05) is 40.0 Å². The summed E-state index contributed by atoms with van der Waals surface area (Å²) in [5.41, 5.74) is 2.37. The van der Waals surface area contributed by atoms with Gasteiger partial charge in [0.2, 0.25) is 5.91 Å². The second-order valence-corrected chi connectivity index (χ2v) is 7.47. The van der Waals surface area contributed by atoms with Gasteiger partial charge in [-0.25, -0.2) is 0 Å². The molecule has 1 saturated heterocycles. The van der Waals surface area contributed by atoms with Gasteiger partial charge in [-0.15, -0.1) is 0 Å². The molecule has 162 valence electrons. The predicted octanol–water partition coefficient (Wildman–Crippen LogP) is 2.91. The third-order valence-electron chi connectivity index (χ3n) is 5.38. The first-order valence-corrected chi connectivity index (χ1v) is 10.6. The van der Waals surface area contributed by atoms with Gasteiger partial charge in [0.1, 0.15) is 18.1 Å². The Hall–Kier alpha value is -2.57. The van der Waals surface area contributed by atoms with E-state index in [0.717, 1.165) is 43.0 Å². The molecule has 6 nitrogen and oxygen atoms in total. The Morgan fingerprint density at radius 1 is 1.13 bits per heavy atom. The van der Waals surface area contributed by atoms with E-state index in [-0.39, 0.29) is 12.0 Å². The molecular formula is C24H32N2O4. The molecule has 0 saturated carbocycles. The number of hydrogen-bond acceptors (Lipinski definition) is 5. The van der Waals surface area contributed by atoms with E-state index in [4.69, 9.17) is 14.2 Å². The highest BCUT2D eigenvalue weighted by Crippen LogP contribution is 2.29. The molecule has 2 N–H and O–H groups in total. The van der Waals surface area contributed by atoms with Crippen molar-refractivity contribution in [2.45, 2.75) is 31.8 Å². The van der Waals surface area contributed by atoms with Gasteiger partial charge in [-0.1, -0.05) is 30.3 Å². The van der Waals surface area contributed by atoms with Crippen LogP contribution in [0.4, 0.5) is 0 Å². The maximum Gasteiger partial charge on any atom is 0.216 e. The van der Waals surface area contributed by atoms with E-state index in [1.54, 1.807) is 7.11 Å². The Labute approximate surface area is 178 Å². The quantitative estimate of drug-likeness (QED) is 0.588. The number of benzene rings is 2. The summed E-state index contributed by atoms with van der Waals surface area (Å²) in [4.78, 5) is 11.1. The molecule has 0 aliphatic carbocycles. The third-order valence-corrected chi connectivity index (χ3v) is 5.38. The summed E-state index contributed by atoms with van der Waals surface area (Å²) in [6.07, 6.45) is 1.90. The molecule has 30 heavy (non-hydrogen) atoms. The molecule has 1 fully saturated rings. The lowest BCUT2D eigenvalue weighted by Crippen LogP contribution is -2.41. The van der Waals surface area contributed by atoms with Crippen LogP contribution in [0.1, 0.15) is 30.4 Å². The van der Waals surface area contributed by atoms with Crippen LogP contribution in [-0.4, -0.2) is 52.0 Å². The van der Waals surface area contributed by atoms with Crippen molar-refractivity contribution in [1.82, 2.24) is 10.6 Å². The molecule has 2 aromatic carbocycles. The summed E-state index contributed by atoms with van der Waals surface area (Å²) in [5.74, 6) is 2.06. The van der Waals surface area contributed by atoms with E-state index >= 15 is 0 Å². The minimum Gasteiger partial charge on any atom is -0.497 e. The van der Waals surface area contributed by atoms with Crippen molar-refractivity contribution in [3.63, 3.8) is 0 Å². The van der Waals surface area contributed by atoms with Crippen LogP contribution in [0.2, 0.25) is 0 Å². The van der Waals surface area contributed by atoms with E-state index in [0.29, 0.717) is 25.7 Å². The Balaban J connectivity index is 1.49. The molecule has 2 atom stereocenters. The Bertz CT molecular complexity index is 794. The van der Waals surface area contributed by atoms with Crippen molar-refractivity contribution < 1.29 is 19.0 Å². The maximum atomic E-state index is 11.1. The van der Waals surface area contributed by atoms with Crippen molar-refractivity contribution in [2.24, 2.45) is 0 Å². The fraction of sp³-hybridized carbons (Fsp3) is 0.458. The van der Waals surface area contributed by atoms with Crippen LogP contribution in [0.3, 0.4) is 0 Å². The van der Waals surface area contributed by atoms with Crippen molar-refractivity contribution in [3.8, 4) is 11.5 Å². The number of piperidine rings is 1. The van der Waals surface area contributed by atoms with Gasteiger partial charge in [-0.3, -0.25) is 4.79 Å². The van der Waals surface area contributed by atoms with Gasteiger partial charge in [0, 0.05) is 25.9 Å². The molecule has 2 aromatic rings. The van der Waals surface area contributed by atoms with Gasteiger partial charge in [-0.2, -0.15) is 0 Å². The molecule has 3 rings (SSSR count). The van der Waals surface area contributed by atoms with Crippen molar-refractivity contribution in [3.05, 3.63) is 59.7 Å². The maximum absolute atomic E-state index is 11.1. The highest BCUT2D eigenvalue weighted by molar-refractivity contribution is 5.72. The first kappa shape index (κ1) is 22.1. The standard InChI is InChI=1S/C24H32N2O4/c1-18(27)26-14-11-20-5-3-4-6-23(20)29-15-16-30-24-17-25-13-12-22(24)19-7-9-21(28-2)10-8-19/h3-10,22,24-25H,11-17H2,1-2H3,(H,26,27)/t22-,24+/m1/s1. The summed E-state index contributed by atoms with van der Waals surface area (Å²) in [5, 5.41) is 6.26. The largest absolute Gasteiger partial charge is 0.497 e. The fourth-order valence-electron chi connectivity index (χ4n) is 3.81. The zero-order valence-corrected chi connectivity index (χ0v) is 17.9. The molecule has 1 aliphatic heterocycles.